The molecule has 1 heterocycles. The van der Waals surface area contributed by atoms with Crippen LogP contribution in [0.25, 0.3) is 5.69 Å². The summed E-state index contributed by atoms with van der Waals surface area (Å²) in [4.78, 5) is 27.2. The second-order valence-electron chi connectivity index (χ2n) is 4.79. The standard InChI is InChI=1S/C14H17N5O2/c1-10(2)18-13(20)7-16-14(21)11-3-5-12(6-4-11)19-9-15-8-17-19/h3-6,8-10H,7H2,1-2H3,(H,16,21)(H,18,20). The SMILES string of the molecule is CC(C)NC(=O)CNC(=O)c1ccc(-n2cncn2)cc1. The highest BCUT2D eigenvalue weighted by Gasteiger charge is 2.09. The van der Waals surface area contributed by atoms with Gasteiger partial charge in [0.05, 0.1) is 12.2 Å². The zero-order valence-electron chi connectivity index (χ0n) is 11.9. The van der Waals surface area contributed by atoms with E-state index in [-0.39, 0.29) is 24.4 Å². The van der Waals surface area contributed by atoms with Crippen molar-refractivity contribution in [1.29, 1.82) is 0 Å². The number of aromatic nitrogens is 3. The lowest BCUT2D eigenvalue weighted by molar-refractivity contribution is -0.120. The van der Waals surface area contributed by atoms with Gasteiger partial charge in [0.15, 0.2) is 0 Å². The molecule has 7 nitrogen and oxygen atoms in total. The van der Waals surface area contributed by atoms with Gasteiger partial charge in [0.25, 0.3) is 5.91 Å². The Kier molecular flexibility index (Phi) is 4.65. The van der Waals surface area contributed by atoms with E-state index in [0.717, 1.165) is 5.69 Å². The molecule has 110 valence electrons. The second-order valence-corrected chi connectivity index (χ2v) is 4.79. The quantitative estimate of drug-likeness (QED) is 0.839. The van der Waals surface area contributed by atoms with Crippen molar-refractivity contribution in [3.8, 4) is 5.69 Å². The van der Waals surface area contributed by atoms with Crippen LogP contribution in [0.4, 0.5) is 0 Å². The van der Waals surface area contributed by atoms with Crippen LogP contribution in [0, 0.1) is 0 Å². The summed E-state index contributed by atoms with van der Waals surface area (Å²) >= 11 is 0. The van der Waals surface area contributed by atoms with E-state index >= 15 is 0 Å². The molecule has 2 rings (SSSR count). The van der Waals surface area contributed by atoms with Crippen LogP contribution < -0.4 is 10.6 Å². The first-order chi connectivity index (χ1) is 10.1. The maximum Gasteiger partial charge on any atom is 0.251 e. The van der Waals surface area contributed by atoms with Crippen molar-refractivity contribution in [3.05, 3.63) is 42.5 Å². The average Bonchev–Trinajstić information content (AvgIpc) is 2.98. The zero-order chi connectivity index (χ0) is 15.2. The third-order valence-corrected chi connectivity index (χ3v) is 2.67. The summed E-state index contributed by atoms with van der Waals surface area (Å²) in [6, 6.07) is 6.92. The summed E-state index contributed by atoms with van der Waals surface area (Å²) in [5, 5.41) is 9.28. The van der Waals surface area contributed by atoms with Crippen molar-refractivity contribution >= 4 is 11.8 Å². The third kappa shape index (κ3) is 4.13. The molecular formula is C14H17N5O2. The van der Waals surface area contributed by atoms with Crippen molar-refractivity contribution in [2.45, 2.75) is 19.9 Å². The first kappa shape index (κ1) is 14.7. The fourth-order valence-electron chi connectivity index (χ4n) is 1.74. The number of hydrogen-bond donors (Lipinski definition) is 2. The molecule has 0 saturated carbocycles. The number of carbonyl (C=O) groups excluding carboxylic acids is 2. The normalized spacial score (nSPS) is 10.4. The lowest BCUT2D eigenvalue weighted by atomic mass is 10.2. The van der Waals surface area contributed by atoms with Crippen molar-refractivity contribution in [2.75, 3.05) is 6.54 Å². The first-order valence-electron chi connectivity index (χ1n) is 6.59. The van der Waals surface area contributed by atoms with Gasteiger partial charge in [-0.05, 0) is 38.1 Å². The van der Waals surface area contributed by atoms with Crippen LogP contribution in [0.1, 0.15) is 24.2 Å². The Balaban J connectivity index is 1.93. The summed E-state index contributed by atoms with van der Waals surface area (Å²) in [5.41, 5.74) is 1.29. The van der Waals surface area contributed by atoms with Gasteiger partial charge in [-0.3, -0.25) is 9.59 Å². The minimum atomic E-state index is -0.293. The van der Waals surface area contributed by atoms with Crippen LogP contribution >= 0.6 is 0 Å². The summed E-state index contributed by atoms with van der Waals surface area (Å²) in [7, 11) is 0. The fraction of sp³-hybridized carbons (Fsp3) is 0.286. The van der Waals surface area contributed by atoms with E-state index in [1.54, 1.807) is 35.3 Å². The first-order valence-corrected chi connectivity index (χ1v) is 6.59. The summed E-state index contributed by atoms with van der Waals surface area (Å²) in [5.74, 6) is -0.503. The number of nitrogens with zero attached hydrogens (tertiary/aromatic N) is 3. The molecule has 7 heteroatoms. The minimum Gasteiger partial charge on any atom is -0.352 e. The van der Waals surface area contributed by atoms with Gasteiger partial charge in [-0.1, -0.05) is 0 Å². The van der Waals surface area contributed by atoms with E-state index in [2.05, 4.69) is 20.7 Å². The van der Waals surface area contributed by atoms with Gasteiger partial charge in [-0.15, -0.1) is 0 Å². The molecule has 0 saturated heterocycles. The van der Waals surface area contributed by atoms with E-state index in [1.165, 1.54) is 6.33 Å². The summed E-state index contributed by atoms with van der Waals surface area (Å²) < 4.78 is 1.60. The van der Waals surface area contributed by atoms with Crippen molar-refractivity contribution < 1.29 is 9.59 Å². The number of rotatable bonds is 5. The maximum absolute atomic E-state index is 11.9. The van der Waals surface area contributed by atoms with E-state index in [9.17, 15) is 9.59 Å². The second kappa shape index (κ2) is 6.65. The van der Waals surface area contributed by atoms with Crippen molar-refractivity contribution in [3.63, 3.8) is 0 Å². The Morgan fingerprint density at radius 3 is 2.52 bits per heavy atom. The number of hydrogen-bond acceptors (Lipinski definition) is 4. The smallest absolute Gasteiger partial charge is 0.251 e. The molecule has 0 fully saturated rings. The Morgan fingerprint density at radius 1 is 1.24 bits per heavy atom. The van der Waals surface area contributed by atoms with Crippen LogP contribution in [-0.4, -0.2) is 39.2 Å². The Bertz CT molecular complexity index is 605. The highest BCUT2D eigenvalue weighted by molar-refractivity contribution is 5.96. The lowest BCUT2D eigenvalue weighted by Gasteiger charge is -2.09. The molecule has 0 unspecified atom stereocenters. The monoisotopic (exact) mass is 287 g/mol. The van der Waals surface area contributed by atoms with Crippen LogP contribution in [0.5, 0.6) is 0 Å². The molecule has 0 aliphatic carbocycles. The molecule has 2 amide bonds. The van der Waals surface area contributed by atoms with Gasteiger partial charge in [-0.2, -0.15) is 5.10 Å². The maximum atomic E-state index is 11.9. The Hall–Kier alpha value is -2.70. The van der Waals surface area contributed by atoms with Crippen LogP contribution in [0.2, 0.25) is 0 Å². The highest BCUT2D eigenvalue weighted by Crippen LogP contribution is 2.07. The summed E-state index contributed by atoms with van der Waals surface area (Å²) in [6.45, 7) is 3.69. The van der Waals surface area contributed by atoms with Crippen LogP contribution in [-0.2, 0) is 4.79 Å². The van der Waals surface area contributed by atoms with E-state index in [0.29, 0.717) is 5.56 Å². The number of benzene rings is 1. The Labute approximate surface area is 122 Å². The third-order valence-electron chi connectivity index (χ3n) is 2.67. The topological polar surface area (TPSA) is 88.9 Å². The van der Waals surface area contributed by atoms with Gasteiger partial charge in [-0.25, -0.2) is 9.67 Å². The van der Waals surface area contributed by atoms with E-state index in [1.807, 2.05) is 13.8 Å². The molecule has 2 N–H and O–H groups in total. The Morgan fingerprint density at radius 2 is 1.95 bits per heavy atom. The molecule has 0 aliphatic heterocycles. The van der Waals surface area contributed by atoms with Gasteiger partial charge in [0, 0.05) is 11.6 Å². The molecule has 0 bridgehead atoms. The number of carbonyl (C=O) groups is 2. The number of nitrogens with one attached hydrogen (secondary N) is 2. The molecule has 0 aliphatic rings. The molecule has 0 radical (unpaired) electrons. The van der Waals surface area contributed by atoms with Crippen molar-refractivity contribution in [2.24, 2.45) is 0 Å². The lowest BCUT2D eigenvalue weighted by Crippen LogP contribution is -2.39. The number of amides is 2. The van der Waals surface area contributed by atoms with Gasteiger partial charge < -0.3 is 10.6 Å². The van der Waals surface area contributed by atoms with E-state index < -0.39 is 0 Å². The molecule has 1 aromatic heterocycles. The largest absolute Gasteiger partial charge is 0.352 e. The molecular weight excluding hydrogens is 270 g/mol. The predicted octanol–water partition coefficient (Wildman–Crippen LogP) is 0.522. The molecule has 0 atom stereocenters. The van der Waals surface area contributed by atoms with Crippen molar-refractivity contribution in [1.82, 2.24) is 25.4 Å². The zero-order valence-corrected chi connectivity index (χ0v) is 11.9. The highest BCUT2D eigenvalue weighted by atomic mass is 16.2. The van der Waals surface area contributed by atoms with Gasteiger partial charge >= 0.3 is 0 Å². The average molecular weight is 287 g/mol. The van der Waals surface area contributed by atoms with Gasteiger partial charge in [0.2, 0.25) is 5.91 Å². The van der Waals surface area contributed by atoms with Crippen LogP contribution in [0.3, 0.4) is 0 Å². The fourth-order valence-corrected chi connectivity index (χ4v) is 1.74. The van der Waals surface area contributed by atoms with Crippen LogP contribution in [0.15, 0.2) is 36.9 Å². The molecule has 2 aromatic rings. The molecule has 1 aromatic carbocycles. The van der Waals surface area contributed by atoms with E-state index in [4.69, 9.17) is 0 Å². The minimum absolute atomic E-state index is 0.0398. The predicted molar refractivity (Wildman–Crippen MR) is 77.0 cm³/mol. The molecule has 0 spiro atoms. The van der Waals surface area contributed by atoms with Gasteiger partial charge in [0.1, 0.15) is 12.7 Å². The molecule has 21 heavy (non-hydrogen) atoms. The summed E-state index contributed by atoms with van der Waals surface area (Å²) in [6.07, 6.45) is 3.01.